The molecule has 0 aliphatic carbocycles. The van der Waals surface area contributed by atoms with Gasteiger partial charge in [0.2, 0.25) is 0 Å². The van der Waals surface area contributed by atoms with Crippen LogP contribution in [-0.2, 0) is 6.42 Å². The third-order valence-corrected chi connectivity index (χ3v) is 5.20. The van der Waals surface area contributed by atoms with E-state index in [2.05, 4.69) is 5.32 Å². The van der Waals surface area contributed by atoms with Crippen molar-refractivity contribution in [2.75, 3.05) is 11.9 Å². The van der Waals surface area contributed by atoms with Crippen LogP contribution in [0.15, 0.2) is 42.5 Å². The first-order chi connectivity index (χ1) is 12.1. The highest BCUT2D eigenvalue weighted by atomic mass is 35.5. The Hall–Kier alpha value is -1.68. The Balaban J connectivity index is 1.93. The Bertz CT molecular complexity index is 916. The molecule has 1 N–H and O–H groups in total. The maximum atomic E-state index is 6.44. The topological polar surface area (TPSA) is 29.9 Å². The monoisotopic (exact) mass is 391 g/mol. The number of rotatable bonds is 2. The molecule has 3 aromatic rings. The number of hydrogen-bond donors (Lipinski definition) is 1. The molecule has 128 valence electrons. The van der Waals surface area contributed by atoms with Crippen LogP contribution >= 0.6 is 34.8 Å². The van der Waals surface area contributed by atoms with Crippen LogP contribution in [0, 0.1) is 0 Å². The Kier molecular flexibility index (Phi) is 4.63. The number of nitrogens with one attached hydrogen (secondary N) is 1. The van der Waals surface area contributed by atoms with Gasteiger partial charge in [0.25, 0.3) is 0 Å². The van der Waals surface area contributed by atoms with Crippen LogP contribution in [0.4, 0.5) is 5.82 Å². The summed E-state index contributed by atoms with van der Waals surface area (Å²) in [6, 6.07) is 13.2. The number of aromatic nitrogens is 2. The Morgan fingerprint density at radius 1 is 0.920 bits per heavy atom. The summed E-state index contributed by atoms with van der Waals surface area (Å²) in [5, 5.41) is 10.4. The molecule has 2 heterocycles. The minimum atomic E-state index is 0.649. The lowest BCUT2D eigenvalue weighted by Crippen LogP contribution is -2.07. The fraction of sp³-hybridized carbons (Fsp3) is 0.211. The minimum absolute atomic E-state index is 0.649. The van der Waals surface area contributed by atoms with Gasteiger partial charge in [-0.25, -0.2) is 4.68 Å². The summed E-state index contributed by atoms with van der Waals surface area (Å²) in [5.74, 6) is 1.02. The van der Waals surface area contributed by atoms with E-state index in [0.717, 1.165) is 48.6 Å². The standard InChI is InChI=1S/C19H16Cl3N3/c20-12-4-7-14(8-5-12)25-19-15(3-1-2-10-23-19)18(24-25)16-11-13(21)6-9-17(16)22/h4-9,11,23H,1-3,10H2. The van der Waals surface area contributed by atoms with E-state index in [1.165, 1.54) is 5.56 Å². The van der Waals surface area contributed by atoms with Crippen molar-refractivity contribution < 1.29 is 0 Å². The zero-order valence-electron chi connectivity index (χ0n) is 13.4. The summed E-state index contributed by atoms with van der Waals surface area (Å²) in [6.07, 6.45) is 3.18. The van der Waals surface area contributed by atoms with Crippen LogP contribution in [-0.4, -0.2) is 16.3 Å². The molecule has 1 aromatic heterocycles. The normalized spacial score (nSPS) is 13.9. The molecule has 4 rings (SSSR count). The first-order valence-electron chi connectivity index (χ1n) is 8.20. The van der Waals surface area contributed by atoms with Gasteiger partial charge in [-0.2, -0.15) is 5.10 Å². The summed E-state index contributed by atoms with van der Waals surface area (Å²) < 4.78 is 1.93. The number of hydrogen-bond acceptors (Lipinski definition) is 2. The Morgan fingerprint density at radius 3 is 2.48 bits per heavy atom. The second-order valence-corrected chi connectivity index (χ2v) is 7.35. The molecule has 0 atom stereocenters. The van der Waals surface area contributed by atoms with Crippen LogP contribution in [0.25, 0.3) is 16.9 Å². The zero-order chi connectivity index (χ0) is 17.4. The van der Waals surface area contributed by atoms with Gasteiger partial charge in [-0.15, -0.1) is 0 Å². The quantitative estimate of drug-likeness (QED) is 0.559. The van der Waals surface area contributed by atoms with Gasteiger partial charge in [0.1, 0.15) is 5.82 Å². The van der Waals surface area contributed by atoms with Crippen LogP contribution < -0.4 is 5.32 Å². The van der Waals surface area contributed by atoms with Crippen LogP contribution in [0.2, 0.25) is 15.1 Å². The molecule has 2 aromatic carbocycles. The highest BCUT2D eigenvalue weighted by Crippen LogP contribution is 2.38. The van der Waals surface area contributed by atoms with E-state index in [-0.39, 0.29) is 0 Å². The predicted octanol–water partition coefficient (Wildman–Crippen LogP) is 6.25. The molecule has 6 heteroatoms. The second-order valence-electron chi connectivity index (χ2n) is 6.07. The van der Waals surface area contributed by atoms with Crippen molar-refractivity contribution in [3.63, 3.8) is 0 Å². The molecule has 0 bridgehead atoms. The molecule has 0 amide bonds. The fourth-order valence-electron chi connectivity index (χ4n) is 3.17. The van der Waals surface area contributed by atoms with Gasteiger partial charge in [0.05, 0.1) is 16.4 Å². The Morgan fingerprint density at radius 2 is 1.68 bits per heavy atom. The first kappa shape index (κ1) is 16.8. The number of fused-ring (bicyclic) bond motifs is 1. The van der Waals surface area contributed by atoms with E-state index in [9.17, 15) is 0 Å². The SMILES string of the molecule is Clc1ccc(-n2nc(-c3cc(Cl)ccc3Cl)c3c2NCCCC3)cc1. The van der Waals surface area contributed by atoms with Gasteiger partial charge in [0, 0.05) is 27.7 Å². The van der Waals surface area contributed by atoms with Gasteiger partial charge >= 0.3 is 0 Å². The van der Waals surface area contributed by atoms with Gasteiger partial charge in [-0.3, -0.25) is 0 Å². The maximum absolute atomic E-state index is 6.44. The molecule has 0 saturated carbocycles. The van der Waals surface area contributed by atoms with E-state index in [4.69, 9.17) is 39.9 Å². The van der Waals surface area contributed by atoms with Gasteiger partial charge < -0.3 is 5.32 Å². The average Bonchev–Trinajstić information content (AvgIpc) is 2.79. The van der Waals surface area contributed by atoms with Crippen molar-refractivity contribution in [1.82, 2.24) is 9.78 Å². The van der Waals surface area contributed by atoms with Crippen molar-refractivity contribution >= 4 is 40.6 Å². The van der Waals surface area contributed by atoms with E-state index < -0.39 is 0 Å². The van der Waals surface area contributed by atoms with Gasteiger partial charge in [-0.05, 0) is 61.7 Å². The summed E-state index contributed by atoms with van der Waals surface area (Å²) in [4.78, 5) is 0. The maximum Gasteiger partial charge on any atom is 0.133 e. The second kappa shape index (κ2) is 6.91. The van der Waals surface area contributed by atoms with E-state index in [1.807, 2.05) is 41.1 Å². The van der Waals surface area contributed by atoms with Gasteiger partial charge in [0.15, 0.2) is 0 Å². The molecular formula is C19H16Cl3N3. The third-order valence-electron chi connectivity index (χ3n) is 4.38. The molecule has 0 spiro atoms. The van der Waals surface area contributed by atoms with Crippen molar-refractivity contribution in [2.24, 2.45) is 0 Å². The van der Waals surface area contributed by atoms with Crippen LogP contribution in [0.1, 0.15) is 18.4 Å². The van der Waals surface area contributed by atoms with Crippen molar-refractivity contribution in [3.8, 4) is 16.9 Å². The average molecular weight is 393 g/mol. The van der Waals surface area contributed by atoms with Gasteiger partial charge in [-0.1, -0.05) is 34.8 Å². The summed E-state index contributed by atoms with van der Waals surface area (Å²) >= 11 is 18.7. The summed E-state index contributed by atoms with van der Waals surface area (Å²) in [6.45, 7) is 0.926. The number of anilines is 1. The summed E-state index contributed by atoms with van der Waals surface area (Å²) in [7, 11) is 0. The molecule has 1 aliphatic rings. The lowest BCUT2D eigenvalue weighted by atomic mass is 10.0. The number of halogens is 3. The molecule has 0 radical (unpaired) electrons. The van der Waals surface area contributed by atoms with Crippen molar-refractivity contribution in [3.05, 3.63) is 63.1 Å². The number of nitrogens with zero attached hydrogens (tertiary/aromatic N) is 2. The molecule has 3 nitrogen and oxygen atoms in total. The van der Waals surface area contributed by atoms with E-state index in [0.29, 0.717) is 15.1 Å². The highest BCUT2D eigenvalue weighted by Gasteiger charge is 2.23. The predicted molar refractivity (Wildman–Crippen MR) is 105 cm³/mol. The molecule has 0 saturated heterocycles. The van der Waals surface area contributed by atoms with E-state index >= 15 is 0 Å². The molecule has 0 fully saturated rings. The molecule has 1 aliphatic heterocycles. The Labute approximate surface area is 161 Å². The third kappa shape index (κ3) is 3.24. The molecule has 0 unspecified atom stereocenters. The first-order valence-corrected chi connectivity index (χ1v) is 9.34. The van der Waals surface area contributed by atoms with Crippen LogP contribution in [0.3, 0.4) is 0 Å². The number of benzene rings is 2. The smallest absolute Gasteiger partial charge is 0.133 e. The lowest BCUT2D eigenvalue weighted by Gasteiger charge is -2.09. The zero-order valence-corrected chi connectivity index (χ0v) is 15.7. The van der Waals surface area contributed by atoms with Crippen molar-refractivity contribution in [1.29, 1.82) is 0 Å². The fourth-order valence-corrected chi connectivity index (χ4v) is 3.67. The lowest BCUT2D eigenvalue weighted by molar-refractivity contribution is 0.780. The minimum Gasteiger partial charge on any atom is -0.370 e. The summed E-state index contributed by atoms with van der Waals surface area (Å²) in [5.41, 5.74) is 3.88. The molecule has 25 heavy (non-hydrogen) atoms. The molecular weight excluding hydrogens is 377 g/mol. The largest absolute Gasteiger partial charge is 0.370 e. The van der Waals surface area contributed by atoms with E-state index in [1.54, 1.807) is 6.07 Å². The highest BCUT2D eigenvalue weighted by molar-refractivity contribution is 6.35. The van der Waals surface area contributed by atoms with Crippen molar-refractivity contribution in [2.45, 2.75) is 19.3 Å². The van der Waals surface area contributed by atoms with Crippen LogP contribution in [0.5, 0.6) is 0 Å².